The van der Waals surface area contributed by atoms with Crippen LogP contribution in [0.15, 0.2) is 71.1 Å². The Morgan fingerprint density at radius 1 is 1.00 bits per heavy atom. The monoisotopic (exact) mass is 312 g/mol. The Morgan fingerprint density at radius 2 is 1.55 bits per heavy atom. The maximum Gasteiger partial charge on any atom is 0.333 e. The Kier molecular flexibility index (Phi) is 5.84. The smallest absolute Gasteiger partial charge is 0.333 e. The van der Waals surface area contributed by atoms with Crippen molar-refractivity contribution in [2.75, 3.05) is 7.11 Å². The molecule has 0 saturated heterocycles. The first kappa shape index (κ1) is 16.4. The first-order chi connectivity index (χ1) is 10.6. The van der Waals surface area contributed by atoms with E-state index in [1.54, 1.807) is 11.8 Å². The fourth-order valence-electron chi connectivity index (χ4n) is 2.40. The van der Waals surface area contributed by atoms with Gasteiger partial charge in [-0.2, -0.15) is 0 Å². The van der Waals surface area contributed by atoms with Crippen LogP contribution in [0, 0.1) is 0 Å². The molecule has 1 unspecified atom stereocenters. The molecule has 0 aliphatic heterocycles. The van der Waals surface area contributed by atoms with E-state index >= 15 is 0 Å². The third-order valence-corrected chi connectivity index (χ3v) is 4.58. The zero-order valence-electron chi connectivity index (χ0n) is 13.1. The van der Waals surface area contributed by atoms with Crippen molar-refractivity contribution >= 4 is 23.3 Å². The van der Waals surface area contributed by atoms with Crippen LogP contribution in [0.5, 0.6) is 0 Å². The predicted octanol–water partition coefficient (Wildman–Crippen LogP) is 4.81. The number of methoxy groups -OCH3 is 1. The Balaban J connectivity index is 2.39. The van der Waals surface area contributed by atoms with Crippen molar-refractivity contribution in [3.63, 3.8) is 0 Å². The van der Waals surface area contributed by atoms with Gasteiger partial charge in [0, 0.05) is 15.7 Å². The second kappa shape index (κ2) is 7.85. The normalized spacial score (nSPS) is 13.2. The van der Waals surface area contributed by atoms with Gasteiger partial charge in [0.2, 0.25) is 0 Å². The van der Waals surface area contributed by atoms with Gasteiger partial charge in [0.15, 0.2) is 0 Å². The van der Waals surface area contributed by atoms with E-state index in [9.17, 15) is 4.79 Å². The summed E-state index contributed by atoms with van der Waals surface area (Å²) in [6, 6.07) is 20.2. The van der Waals surface area contributed by atoms with Crippen LogP contribution < -0.4 is 0 Å². The van der Waals surface area contributed by atoms with Crippen LogP contribution in [0.25, 0.3) is 5.57 Å². The van der Waals surface area contributed by atoms with E-state index < -0.39 is 0 Å². The summed E-state index contributed by atoms with van der Waals surface area (Å²) in [7, 11) is 1.42. The molecular formula is C19H20O2S. The average molecular weight is 312 g/mol. The molecule has 0 aromatic heterocycles. The van der Waals surface area contributed by atoms with Crippen LogP contribution in [0.1, 0.15) is 19.4 Å². The van der Waals surface area contributed by atoms with E-state index in [-0.39, 0.29) is 11.2 Å². The molecule has 0 spiro atoms. The second-order valence-corrected chi connectivity index (χ2v) is 6.38. The summed E-state index contributed by atoms with van der Waals surface area (Å²) < 4.78 is 4.91. The first-order valence-electron chi connectivity index (χ1n) is 7.19. The molecule has 0 N–H and O–H groups in total. The van der Waals surface area contributed by atoms with Gasteiger partial charge in [-0.1, -0.05) is 48.5 Å². The molecule has 22 heavy (non-hydrogen) atoms. The summed E-state index contributed by atoms with van der Waals surface area (Å²) in [6.07, 6.45) is 0. The summed E-state index contributed by atoms with van der Waals surface area (Å²) in [5.74, 6) is -0.278. The van der Waals surface area contributed by atoms with Crippen LogP contribution >= 0.6 is 11.8 Å². The van der Waals surface area contributed by atoms with E-state index in [0.717, 1.165) is 11.1 Å². The van der Waals surface area contributed by atoms with Crippen molar-refractivity contribution in [3.05, 3.63) is 71.8 Å². The van der Waals surface area contributed by atoms with Gasteiger partial charge in [-0.05, 0) is 37.1 Å². The van der Waals surface area contributed by atoms with Gasteiger partial charge < -0.3 is 4.74 Å². The Labute approximate surface area is 136 Å². The van der Waals surface area contributed by atoms with Gasteiger partial charge in [-0.25, -0.2) is 4.79 Å². The molecule has 3 heteroatoms. The van der Waals surface area contributed by atoms with Crippen molar-refractivity contribution in [1.29, 1.82) is 0 Å². The van der Waals surface area contributed by atoms with E-state index in [4.69, 9.17) is 4.74 Å². The molecule has 0 amide bonds. The van der Waals surface area contributed by atoms with Crippen LogP contribution in [-0.4, -0.2) is 18.3 Å². The van der Waals surface area contributed by atoms with Crippen molar-refractivity contribution in [2.45, 2.75) is 24.0 Å². The zero-order chi connectivity index (χ0) is 15.9. The molecule has 1 atom stereocenters. The van der Waals surface area contributed by atoms with Crippen molar-refractivity contribution in [1.82, 2.24) is 0 Å². The van der Waals surface area contributed by atoms with Crippen molar-refractivity contribution in [2.24, 2.45) is 0 Å². The molecule has 2 nitrogen and oxygen atoms in total. The van der Waals surface area contributed by atoms with Gasteiger partial charge >= 0.3 is 5.97 Å². The highest BCUT2D eigenvalue weighted by Crippen LogP contribution is 2.35. The maximum atomic E-state index is 12.0. The van der Waals surface area contributed by atoms with Gasteiger partial charge in [0.25, 0.3) is 0 Å². The summed E-state index contributed by atoms with van der Waals surface area (Å²) >= 11 is 1.74. The lowest BCUT2D eigenvalue weighted by Gasteiger charge is -2.19. The van der Waals surface area contributed by atoms with Crippen molar-refractivity contribution in [3.8, 4) is 0 Å². The lowest BCUT2D eigenvalue weighted by molar-refractivity contribution is -0.135. The molecule has 0 aliphatic carbocycles. The Bertz CT molecular complexity index is 648. The van der Waals surface area contributed by atoms with Crippen LogP contribution in [-0.2, 0) is 9.53 Å². The number of thioether (sulfide) groups is 1. The van der Waals surface area contributed by atoms with Gasteiger partial charge in [0.05, 0.1) is 7.11 Å². The van der Waals surface area contributed by atoms with E-state index in [1.807, 2.05) is 55.5 Å². The number of ether oxygens (including phenoxy) is 1. The van der Waals surface area contributed by atoms with Crippen LogP contribution in [0.2, 0.25) is 0 Å². The molecule has 0 radical (unpaired) electrons. The fraction of sp³-hybridized carbons (Fsp3) is 0.211. The Hall–Kier alpha value is -2.00. The number of esters is 1. The third-order valence-electron chi connectivity index (χ3n) is 3.44. The minimum Gasteiger partial charge on any atom is -0.466 e. The minimum absolute atomic E-state index is 0.142. The van der Waals surface area contributed by atoms with E-state index in [0.29, 0.717) is 5.57 Å². The number of carbonyl (C=O) groups excluding carboxylic acids is 1. The SMILES string of the molecule is COC(=O)/C(C)=C(/c1ccccc1)C(C)Sc1ccccc1. The van der Waals surface area contributed by atoms with E-state index in [1.165, 1.54) is 12.0 Å². The minimum atomic E-state index is -0.278. The molecule has 2 rings (SSSR count). The standard InChI is InChI=1S/C19H20O2S/c1-14(19(20)21-3)18(16-10-6-4-7-11-16)15(2)22-17-12-8-5-9-13-17/h4-13,15H,1-3H3/b18-14+. The quantitative estimate of drug-likeness (QED) is 0.450. The largest absolute Gasteiger partial charge is 0.466 e. The van der Waals surface area contributed by atoms with Crippen molar-refractivity contribution < 1.29 is 9.53 Å². The number of hydrogen-bond donors (Lipinski definition) is 0. The topological polar surface area (TPSA) is 26.3 Å². The average Bonchev–Trinajstić information content (AvgIpc) is 2.56. The van der Waals surface area contributed by atoms with Gasteiger partial charge in [-0.3, -0.25) is 0 Å². The molecule has 2 aromatic carbocycles. The third kappa shape index (κ3) is 4.01. The van der Waals surface area contributed by atoms with Crippen LogP contribution in [0.4, 0.5) is 0 Å². The molecule has 0 saturated carbocycles. The molecule has 0 aliphatic rings. The highest BCUT2D eigenvalue weighted by molar-refractivity contribution is 8.00. The summed E-state index contributed by atoms with van der Waals surface area (Å²) in [4.78, 5) is 13.2. The second-order valence-electron chi connectivity index (χ2n) is 4.97. The van der Waals surface area contributed by atoms with Gasteiger partial charge in [-0.15, -0.1) is 11.8 Å². The van der Waals surface area contributed by atoms with Crippen LogP contribution in [0.3, 0.4) is 0 Å². The number of rotatable bonds is 5. The summed E-state index contributed by atoms with van der Waals surface area (Å²) in [5.41, 5.74) is 2.73. The van der Waals surface area contributed by atoms with Gasteiger partial charge in [0.1, 0.15) is 0 Å². The lowest BCUT2D eigenvalue weighted by Crippen LogP contribution is -2.10. The summed E-state index contributed by atoms with van der Waals surface area (Å²) in [5, 5.41) is 0.142. The first-order valence-corrected chi connectivity index (χ1v) is 8.07. The highest BCUT2D eigenvalue weighted by Gasteiger charge is 2.19. The number of hydrogen-bond acceptors (Lipinski definition) is 3. The zero-order valence-corrected chi connectivity index (χ0v) is 13.9. The maximum absolute atomic E-state index is 12.0. The molecule has 0 fully saturated rings. The molecule has 114 valence electrons. The predicted molar refractivity (Wildman–Crippen MR) is 92.8 cm³/mol. The fourth-order valence-corrected chi connectivity index (χ4v) is 3.55. The lowest BCUT2D eigenvalue weighted by atomic mass is 9.98. The molecule has 2 aromatic rings. The Morgan fingerprint density at radius 3 is 2.09 bits per heavy atom. The summed E-state index contributed by atoms with van der Waals surface area (Å²) in [6.45, 7) is 3.95. The number of benzene rings is 2. The number of carbonyl (C=O) groups is 1. The molecular weight excluding hydrogens is 292 g/mol. The molecule has 0 heterocycles. The molecule has 0 bridgehead atoms. The highest BCUT2D eigenvalue weighted by atomic mass is 32.2. The van der Waals surface area contributed by atoms with E-state index in [2.05, 4.69) is 19.1 Å².